The molecule has 0 radical (unpaired) electrons. The van der Waals surface area contributed by atoms with Crippen LogP contribution in [0.3, 0.4) is 0 Å². The first-order chi connectivity index (χ1) is 12.1. The zero-order valence-corrected chi connectivity index (χ0v) is 14.9. The van der Waals surface area contributed by atoms with E-state index in [-0.39, 0.29) is 12.6 Å². The molecule has 140 valence electrons. The Bertz CT molecular complexity index is 561. The molecule has 1 aliphatic heterocycles. The van der Waals surface area contributed by atoms with Gasteiger partial charge in [0, 0.05) is 17.8 Å². The fourth-order valence-corrected chi connectivity index (χ4v) is 4.07. The number of likely N-dealkylation sites (N-methyl/N-ethyl adjacent to an activating group) is 1. The topological polar surface area (TPSA) is 79.5 Å². The highest BCUT2D eigenvalue weighted by molar-refractivity contribution is 5.34. The Kier molecular flexibility index (Phi) is 6.15. The van der Waals surface area contributed by atoms with Crippen LogP contribution in [0.5, 0.6) is 0 Å². The summed E-state index contributed by atoms with van der Waals surface area (Å²) in [5.74, 6) is 1.42. The SMILES string of the molecule is CN[C@H]1CC=C(C2CC[C@@H]3CC(N)=CC[C@@H]3N2)C=C1OCC(O)CF. The summed E-state index contributed by atoms with van der Waals surface area (Å²) in [6.45, 7) is -0.801. The summed E-state index contributed by atoms with van der Waals surface area (Å²) in [6.07, 6.45) is 10.5. The maximum Gasteiger partial charge on any atom is 0.119 e. The predicted molar refractivity (Wildman–Crippen MR) is 96.5 cm³/mol. The summed E-state index contributed by atoms with van der Waals surface area (Å²) < 4.78 is 18.2. The molecular weight excluding hydrogens is 321 g/mol. The normalized spacial score (nSPS) is 33.6. The second-order valence-electron chi connectivity index (χ2n) is 7.33. The van der Waals surface area contributed by atoms with Gasteiger partial charge in [-0.25, -0.2) is 4.39 Å². The Hall–Kier alpha value is -1.37. The Morgan fingerprint density at radius 2 is 2.24 bits per heavy atom. The van der Waals surface area contributed by atoms with Crippen molar-refractivity contribution in [3.8, 4) is 0 Å². The predicted octanol–water partition coefficient (Wildman–Crippen LogP) is 1.51. The van der Waals surface area contributed by atoms with Gasteiger partial charge in [-0.2, -0.15) is 0 Å². The first-order valence-corrected chi connectivity index (χ1v) is 9.27. The second kappa shape index (κ2) is 8.34. The molecule has 0 spiro atoms. The molecule has 0 bridgehead atoms. The van der Waals surface area contributed by atoms with Crippen LogP contribution >= 0.6 is 0 Å². The highest BCUT2D eigenvalue weighted by atomic mass is 19.1. The van der Waals surface area contributed by atoms with Crippen molar-refractivity contribution in [3.63, 3.8) is 0 Å². The van der Waals surface area contributed by atoms with Gasteiger partial charge in [-0.3, -0.25) is 0 Å². The molecule has 2 unspecified atom stereocenters. The molecule has 1 heterocycles. The average Bonchev–Trinajstić information content (AvgIpc) is 2.65. The van der Waals surface area contributed by atoms with E-state index in [0.717, 1.165) is 37.1 Å². The van der Waals surface area contributed by atoms with Gasteiger partial charge in [0.2, 0.25) is 0 Å². The van der Waals surface area contributed by atoms with Crippen LogP contribution in [-0.4, -0.2) is 49.7 Å². The summed E-state index contributed by atoms with van der Waals surface area (Å²) in [5.41, 5.74) is 8.24. The monoisotopic (exact) mass is 351 g/mol. The van der Waals surface area contributed by atoms with Gasteiger partial charge in [0.05, 0.1) is 6.04 Å². The van der Waals surface area contributed by atoms with Gasteiger partial charge in [-0.1, -0.05) is 12.2 Å². The van der Waals surface area contributed by atoms with Crippen molar-refractivity contribution in [2.24, 2.45) is 11.7 Å². The van der Waals surface area contributed by atoms with Crippen molar-refractivity contribution in [3.05, 3.63) is 35.3 Å². The number of hydrogen-bond acceptors (Lipinski definition) is 5. The van der Waals surface area contributed by atoms with Crippen LogP contribution in [0.25, 0.3) is 0 Å². The maximum atomic E-state index is 12.5. The molecule has 5 atom stereocenters. The van der Waals surface area contributed by atoms with E-state index >= 15 is 0 Å². The van der Waals surface area contributed by atoms with E-state index in [2.05, 4.69) is 28.9 Å². The molecule has 2 aliphatic carbocycles. The quantitative estimate of drug-likeness (QED) is 0.583. The number of fused-ring (bicyclic) bond motifs is 1. The number of aliphatic hydroxyl groups is 1. The number of nitrogens with one attached hydrogen (secondary N) is 2. The average molecular weight is 351 g/mol. The number of ether oxygens (including phenoxy) is 1. The fourth-order valence-electron chi connectivity index (χ4n) is 4.07. The van der Waals surface area contributed by atoms with Crippen LogP contribution in [0.4, 0.5) is 4.39 Å². The molecule has 3 aliphatic rings. The highest BCUT2D eigenvalue weighted by Crippen LogP contribution is 2.34. The highest BCUT2D eigenvalue weighted by Gasteiger charge is 2.33. The smallest absolute Gasteiger partial charge is 0.119 e. The van der Waals surface area contributed by atoms with E-state index in [0.29, 0.717) is 18.0 Å². The van der Waals surface area contributed by atoms with Gasteiger partial charge >= 0.3 is 0 Å². The van der Waals surface area contributed by atoms with Crippen LogP contribution in [0, 0.1) is 5.92 Å². The van der Waals surface area contributed by atoms with Crippen molar-refractivity contribution < 1.29 is 14.2 Å². The van der Waals surface area contributed by atoms with E-state index in [1.165, 1.54) is 12.0 Å². The summed E-state index contributed by atoms with van der Waals surface area (Å²) in [7, 11) is 1.88. The minimum Gasteiger partial charge on any atom is -0.493 e. The molecule has 0 saturated carbocycles. The third-order valence-electron chi connectivity index (χ3n) is 5.56. The molecule has 25 heavy (non-hydrogen) atoms. The van der Waals surface area contributed by atoms with Crippen LogP contribution in [0.15, 0.2) is 35.3 Å². The summed E-state index contributed by atoms with van der Waals surface area (Å²) >= 11 is 0. The minimum atomic E-state index is -1.07. The Morgan fingerprint density at radius 1 is 1.40 bits per heavy atom. The molecule has 0 aromatic heterocycles. The van der Waals surface area contributed by atoms with Crippen molar-refractivity contribution in [2.75, 3.05) is 20.3 Å². The second-order valence-corrected chi connectivity index (χ2v) is 7.33. The van der Waals surface area contributed by atoms with Crippen LogP contribution in [0.2, 0.25) is 0 Å². The van der Waals surface area contributed by atoms with Crippen LogP contribution in [-0.2, 0) is 4.74 Å². The Labute approximate surface area is 149 Å². The number of nitrogens with two attached hydrogens (primary N) is 1. The summed E-state index contributed by atoms with van der Waals surface area (Å²) in [4.78, 5) is 0. The molecule has 3 rings (SSSR count). The zero-order valence-electron chi connectivity index (χ0n) is 14.9. The largest absolute Gasteiger partial charge is 0.493 e. The van der Waals surface area contributed by atoms with Crippen LogP contribution < -0.4 is 16.4 Å². The number of rotatable bonds is 6. The minimum absolute atomic E-state index is 0.0132. The molecular formula is C19H30FN3O2. The van der Waals surface area contributed by atoms with E-state index < -0.39 is 12.8 Å². The molecule has 5 nitrogen and oxygen atoms in total. The maximum absolute atomic E-state index is 12.5. The first-order valence-electron chi connectivity index (χ1n) is 9.27. The van der Waals surface area contributed by atoms with Crippen molar-refractivity contribution >= 4 is 0 Å². The lowest BCUT2D eigenvalue weighted by molar-refractivity contribution is 0.0475. The number of halogens is 1. The fraction of sp³-hybridized carbons (Fsp3) is 0.684. The van der Waals surface area contributed by atoms with E-state index in [4.69, 9.17) is 10.5 Å². The van der Waals surface area contributed by atoms with Crippen molar-refractivity contribution in [1.29, 1.82) is 0 Å². The number of hydrogen-bond donors (Lipinski definition) is 4. The Morgan fingerprint density at radius 3 is 3.00 bits per heavy atom. The van der Waals surface area contributed by atoms with Crippen molar-refractivity contribution in [1.82, 2.24) is 10.6 Å². The van der Waals surface area contributed by atoms with Gasteiger partial charge in [0.1, 0.15) is 25.1 Å². The Balaban J connectivity index is 1.65. The first kappa shape index (κ1) is 18.4. The number of allylic oxidation sites excluding steroid dienone is 1. The van der Waals surface area contributed by atoms with Crippen molar-refractivity contribution in [2.45, 2.75) is 56.3 Å². The molecule has 0 amide bonds. The van der Waals surface area contributed by atoms with Gasteiger partial charge in [-0.05, 0) is 56.7 Å². The molecule has 6 heteroatoms. The van der Waals surface area contributed by atoms with E-state index in [1.54, 1.807) is 0 Å². The standard InChI is InChI=1S/C19H30FN3O2/c1-22-18-6-3-13(9-19(18)25-11-15(24)10-20)16-5-2-12-8-14(21)4-7-17(12)23-16/h3-4,9,12,15-18,22-24H,2,5-8,10-11,21H2,1H3/t12-,15?,16?,17+,18+/m1/s1. The molecule has 0 aromatic carbocycles. The van der Waals surface area contributed by atoms with E-state index in [1.807, 2.05) is 7.05 Å². The lowest BCUT2D eigenvalue weighted by atomic mass is 9.77. The van der Waals surface area contributed by atoms with Crippen LogP contribution in [0.1, 0.15) is 32.1 Å². The van der Waals surface area contributed by atoms with E-state index in [9.17, 15) is 9.50 Å². The lowest BCUT2D eigenvalue weighted by Crippen LogP contribution is -2.50. The third-order valence-corrected chi connectivity index (χ3v) is 5.56. The zero-order chi connectivity index (χ0) is 17.8. The number of aliphatic hydroxyl groups excluding tert-OH is 1. The molecule has 1 saturated heterocycles. The molecule has 5 N–H and O–H groups in total. The van der Waals surface area contributed by atoms with Gasteiger partial charge in [-0.15, -0.1) is 0 Å². The van der Waals surface area contributed by atoms with Gasteiger partial charge in [0.15, 0.2) is 0 Å². The van der Waals surface area contributed by atoms with Gasteiger partial charge in [0.25, 0.3) is 0 Å². The lowest BCUT2D eigenvalue weighted by Gasteiger charge is -2.41. The molecule has 0 aromatic rings. The molecule has 1 fully saturated rings. The third kappa shape index (κ3) is 4.43. The summed E-state index contributed by atoms with van der Waals surface area (Å²) in [5, 5.41) is 16.4. The number of alkyl halides is 1. The number of piperidine rings is 1. The summed E-state index contributed by atoms with van der Waals surface area (Å²) in [6, 6.07) is 0.876. The van der Waals surface area contributed by atoms with Gasteiger partial charge < -0.3 is 26.2 Å².